The maximum absolute atomic E-state index is 13.3. The molecule has 0 atom stereocenters. The van der Waals surface area contributed by atoms with Gasteiger partial charge in [0.1, 0.15) is 17.1 Å². The van der Waals surface area contributed by atoms with E-state index in [2.05, 4.69) is 5.32 Å². The van der Waals surface area contributed by atoms with Crippen molar-refractivity contribution in [2.45, 2.75) is 6.54 Å². The van der Waals surface area contributed by atoms with E-state index in [1.807, 2.05) is 28.8 Å². The first-order valence-electron chi connectivity index (χ1n) is 10.8. The van der Waals surface area contributed by atoms with E-state index in [-0.39, 0.29) is 23.6 Å². The second kappa shape index (κ2) is 8.91. The molecule has 180 valence electrons. The summed E-state index contributed by atoms with van der Waals surface area (Å²) in [7, 11) is 1.50. The number of anilines is 1. The molecule has 0 spiro atoms. The van der Waals surface area contributed by atoms with E-state index in [0.29, 0.717) is 17.1 Å². The van der Waals surface area contributed by atoms with Crippen LogP contribution in [0.15, 0.2) is 76.9 Å². The van der Waals surface area contributed by atoms with Gasteiger partial charge in [0.05, 0.1) is 19.3 Å². The average molecular weight is 485 g/mol. The van der Waals surface area contributed by atoms with E-state index < -0.39 is 23.8 Å². The third-order valence-corrected chi connectivity index (χ3v) is 5.75. The Morgan fingerprint density at radius 2 is 1.81 bits per heavy atom. The van der Waals surface area contributed by atoms with E-state index in [0.717, 1.165) is 15.8 Å². The number of carbonyl (C=O) groups excluding carboxylic acids is 3. The highest BCUT2D eigenvalue weighted by Gasteiger charge is 2.37. The number of hydrogen-bond donors (Lipinski definition) is 2. The number of urea groups is 1. The number of hydrogen-bond acceptors (Lipinski definition) is 6. The number of aromatic carboxylic acids is 1. The summed E-state index contributed by atoms with van der Waals surface area (Å²) >= 11 is 0. The lowest BCUT2D eigenvalue weighted by Crippen LogP contribution is -2.54. The van der Waals surface area contributed by atoms with Crippen LogP contribution in [0.4, 0.5) is 10.5 Å². The molecule has 2 aromatic carbocycles. The maximum Gasteiger partial charge on any atom is 0.371 e. The van der Waals surface area contributed by atoms with Gasteiger partial charge in [-0.1, -0.05) is 18.2 Å². The van der Waals surface area contributed by atoms with Crippen LogP contribution >= 0.6 is 0 Å². The predicted octanol–water partition coefficient (Wildman–Crippen LogP) is 3.66. The fourth-order valence-corrected chi connectivity index (χ4v) is 4.05. The standard InChI is InChI=1S/C26H19N3O7/c1-35-17-8-6-16(7-9-17)29-24(31)20(23(30)27-26(29)34)12-15-13-28(21-5-3-2-4-19(15)21)14-18-10-11-22(36-18)25(32)33/h2-13H,14H2,1H3,(H,32,33)(H,27,30,34)/b20-12+. The monoisotopic (exact) mass is 485 g/mol. The number of carboxylic acid groups (broad SMARTS) is 1. The zero-order valence-electron chi connectivity index (χ0n) is 18.9. The normalized spacial score (nSPS) is 15.0. The number of barbiturate groups is 1. The molecule has 1 aliphatic rings. The van der Waals surface area contributed by atoms with Crippen molar-refractivity contribution in [2.75, 3.05) is 12.0 Å². The van der Waals surface area contributed by atoms with Crippen LogP contribution in [0, 0.1) is 0 Å². The van der Waals surface area contributed by atoms with Crippen LogP contribution in [0.3, 0.4) is 0 Å². The molecule has 0 aliphatic carbocycles. The predicted molar refractivity (Wildman–Crippen MR) is 129 cm³/mol. The number of fused-ring (bicyclic) bond motifs is 1. The SMILES string of the molecule is COc1ccc(N2C(=O)NC(=O)/C(=C\c3cn(Cc4ccc(C(=O)O)o4)c4ccccc34)C2=O)cc1. The van der Waals surface area contributed by atoms with Crippen molar-refractivity contribution >= 4 is 46.5 Å². The summed E-state index contributed by atoms with van der Waals surface area (Å²) in [5, 5.41) is 12.1. The van der Waals surface area contributed by atoms with Crippen LogP contribution in [0.1, 0.15) is 21.9 Å². The van der Waals surface area contributed by atoms with Gasteiger partial charge in [-0.3, -0.25) is 14.9 Å². The molecule has 36 heavy (non-hydrogen) atoms. The van der Waals surface area contributed by atoms with Crippen LogP contribution in [-0.2, 0) is 16.1 Å². The maximum atomic E-state index is 13.3. The molecule has 4 amide bonds. The number of amides is 4. The van der Waals surface area contributed by atoms with Gasteiger partial charge in [0, 0.05) is 22.7 Å². The van der Waals surface area contributed by atoms with E-state index in [1.54, 1.807) is 36.5 Å². The number of benzene rings is 2. The Bertz CT molecular complexity index is 1560. The summed E-state index contributed by atoms with van der Waals surface area (Å²) in [5.74, 6) is -1.92. The molecule has 10 nitrogen and oxygen atoms in total. The Hall–Kier alpha value is -5.12. The molecule has 1 saturated heterocycles. The van der Waals surface area contributed by atoms with Gasteiger partial charge in [0.25, 0.3) is 11.8 Å². The molecule has 2 aromatic heterocycles. The number of nitrogens with one attached hydrogen (secondary N) is 1. The van der Waals surface area contributed by atoms with Crippen molar-refractivity contribution in [3.63, 3.8) is 0 Å². The fraction of sp³-hybridized carbons (Fsp3) is 0.0769. The van der Waals surface area contributed by atoms with Crippen LogP contribution in [0.25, 0.3) is 17.0 Å². The first kappa shape index (κ1) is 22.7. The van der Waals surface area contributed by atoms with Crippen molar-refractivity contribution in [3.05, 3.63) is 89.5 Å². The van der Waals surface area contributed by atoms with Gasteiger partial charge in [-0.15, -0.1) is 0 Å². The molecule has 5 rings (SSSR count). The lowest BCUT2D eigenvalue weighted by atomic mass is 10.1. The van der Waals surface area contributed by atoms with Crippen LogP contribution in [-0.4, -0.2) is 40.6 Å². The number of carbonyl (C=O) groups is 4. The number of ether oxygens (including phenoxy) is 1. The number of aromatic nitrogens is 1. The Morgan fingerprint density at radius 3 is 2.50 bits per heavy atom. The summed E-state index contributed by atoms with van der Waals surface area (Å²) in [6, 6.07) is 15.8. The summed E-state index contributed by atoms with van der Waals surface area (Å²) < 4.78 is 12.3. The van der Waals surface area contributed by atoms with Crippen LogP contribution in [0.2, 0.25) is 0 Å². The first-order valence-corrected chi connectivity index (χ1v) is 10.8. The molecule has 10 heteroatoms. The van der Waals surface area contributed by atoms with Crippen LogP contribution < -0.4 is 15.0 Å². The number of methoxy groups -OCH3 is 1. The lowest BCUT2D eigenvalue weighted by Gasteiger charge is -2.26. The van der Waals surface area contributed by atoms with Gasteiger partial charge in [-0.05, 0) is 48.5 Å². The molecule has 1 fully saturated rings. The van der Waals surface area contributed by atoms with E-state index in [4.69, 9.17) is 14.3 Å². The molecule has 3 heterocycles. The van der Waals surface area contributed by atoms with Gasteiger partial charge in [-0.25, -0.2) is 14.5 Å². The highest BCUT2D eigenvalue weighted by Crippen LogP contribution is 2.28. The number of para-hydroxylation sites is 1. The minimum atomic E-state index is -1.16. The summed E-state index contributed by atoms with van der Waals surface area (Å²) in [4.78, 5) is 50.5. The van der Waals surface area contributed by atoms with E-state index in [1.165, 1.54) is 19.3 Å². The topological polar surface area (TPSA) is 131 Å². The third-order valence-electron chi connectivity index (χ3n) is 5.75. The van der Waals surface area contributed by atoms with Crippen molar-refractivity contribution in [1.29, 1.82) is 0 Å². The Balaban J connectivity index is 1.53. The Morgan fingerprint density at radius 1 is 1.06 bits per heavy atom. The molecule has 2 N–H and O–H groups in total. The van der Waals surface area contributed by atoms with Crippen molar-refractivity contribution in [1.82, 2.24) is 9.88 Å². The second-order valence-corrected chi connectivity index (χ2v) is 7.96. The van der Waals surface area contributed by atoms with E-state index in [9.17, 15) is 19.2 Å². The molecular weight excluding hydrogens is 466 g/mol. The highest BCUT2D eigenvalue weighted by molar-refractivity contribution is 6.39. The number of carboxylic acids is 1. The van der Waals surface area contributed by atoms with Crippen molar-refractivity contribution < 1.29 is 33.4 Å². The number of nitrogens with zero attached hydrogens (tertiary/aromatic N) is 2. The molecule has 1 aliphatic heterocycles. The zero-order chi connectivity index (χ0) is 25.4. The molecule has 0 saturated carbocycles. The van der Waals surface area contributed by atoms with Gasteiger partial charge in [-0.2, -0.15) is 0 Å². The quantitative estimate of drug-likeness (QED) is 0.315. The van der Waals surface area contributed by atoms with E-state index >= 15 is 0 Å². The van der Waals surface area contributed by atoms with Gasteiger partial charge >= 0.3 is 12.0 Å². The Kier molecular flexibility index (Phi) is 5.61. The van der Waals surface area contributed by atoms with Gasteiger partial charge in [0.2, 0.25) is 5.76 Å². The largest absolute Gasteiger partial charge is 0.497 e. The summed E-state index contributed by atoms with van der Waals surface area (Å²) in [5.41, 5.74) is 1.42. The summed E-state index contributed by atoms with van der Waals surface area (Å²) in [6.07, 6.45) is 3.17. The molecule has 4 aromatic rings. The van der Waals surface area contributed by atoms with Gasteiger partial charge < -0.3 is 18.8 Å². The smallest absolute Gasteiger partial charge is 0.371 e. The average Bonchev–Trinajstić information content (AvgIpc) is 3.48. The van der Waals surface area contributed by atoms with Crippen molar-refractivity contribution in [3.8, 4) is 5.75 Å². The molecule has 0 radical (unpaired) electrons. The number of furan rings is 1. The van der Waals surface area contributed by atoms with Crippen molar-refractivity contribution in [2.24, 2.45) is 0 Å². The third kappa shape index (κ3) is 4.00. The fourth-order valence-electron chi connectivity index (χ4n) is 4.05. The highest BCUT2D eigenvalue weighted by atomic mass is 16.5. The molecule has 0 bridgehead atoms. The molecule has 0 unspecified atom stereocenters. The second-order valence-electron chi connectivity index (χ2n) is 7.96. The first-order chi connectivity index (χ1) is 17.4. The number of rotatable bonds is 6. The summed E-state index contributed by atoms with van der Waals surface area (Å²) in [6.45, 7) is 0.230. The number of imide groups is 2. The Labute approximate surface area is 204 Å². The minimum Gasteiger partial charge on any atom is -0.497 e. The zero-order valence-corrected chi connectivity index (χ0v) is 18.9. The van der Waals surface area contributed by atoms with Gasteiger partial charge in [0.15, 0.2) is 0 Å². The van der Waals surface area contributed by atoms with Crippen LogP contribution in [0.5, 0.6) is 5.75 Å². The molecular formula is C26H19N3O7. The minimum absolute atomic E-state index is 0.170. The lowest BCUT2D eigenvalue weighted by molar-refractivity contribution is -0.122.